The van der Waals surface area contributed by atoms with Crippen LogP contribution < -0.4 is 15.8 Å². The molecule has 1 aromatic heterocycles. The van der Waals surface area contributed by atoms with Crippen molar-refractivity contribution >= 4 is 36.4 Å². The molecule has 1 atom stereocenters. The summed E-state index contributed by atoms with van der Waals surface area (Å²) in [6, 6.07) is 8.79. The van der Waals surface area contributed by atoms with E-state index in [1.165, 1.54) is 0 Å². The van der Waals surface area contributed by atoms with Gasteiger partial charge in [0.05, 0.1) is 6.04 Å². The van der Waals surface area contributed by atoms with Crippen LogP contribution in [0.2, 0.25) is 0 Å². The summed E-state index contributed by atoms with van der Waals surface area (Å²) in [7, 11) is 0. The van der Waals surface area contributed by atoms with Crippen molar-refractivity contribution < 1.29 is 14.3 Å². The fourth-order valence-electron chi connectivity index (χ4n) is 2.98. The second-order valence-electron chi connectivity index (χ2n) is 6.72. The van der Waals surface area contributed by atoms with Crippen molar-refractivity contribution in [2.75, 3.05) is 18.5 Å². The van der Waals surface area contributed by atoms with Crippen LogP contribution in [0.5, 0.6) is 11.6 Å². The number of ether oxygens (including phenoxy) is 2. The largest absolute Gasteiger partial charge is 0.439 e. The molecule has 8 heteroatoms. The minimum Gasteiger partial charge on any atom is -0.439 e. The molecule has 0 radical (unpaired) electrons. The summed E-state index contributed by atoms with van der Waals surface area (Å²) >= 11 is 0. The standard InChI is InChI=1S/C20H25N3O3.2ClH/c1-13-5-8-22-18(11-13)26-17-12-16(4-3-14(17)2)23-20(24)19(21)15-6-9-25-10-7-15;;/h3-5,8,11-12,15,19H,6-7,9-10,21H2,1-2H3,(H,23,24);2*1H. The number of carbonyl (C=O) groups excluding carboxylic acids is 1. The number of nitrogens with one attached hydrogen (secondary N) is 1. The molecule has 1 fully saturated rings. The maximum atomic E-state index is 12.5. The number of nitrogens with zero attached hydrogens (tertiary/aromatic N) is 1. The Morgan fingerprint density at radius 1 is 1.21 bits per heavy atom. The zero-order chi connectivity index (χ0) is 18.5. The minimum absolute atomic E-state index is 0. The number of amides is 1. The van der Waals surface area contributed by atoms with Crippen molar-refractivity contribution in [3.63, 3.8) is 0 Å². The van der Waals surface area contributed by atoms with Crippen molar-refractivity contribution in [2.24, 2.45) is 11.7 Å². The molecule has 1 aliphatic rings. The molecule has 6 nitrogen and oxygen atoms in total. The van der Waals surface area contributed by atoms with Crippen molar-refractivity contribution in [3.8, 4) is 11.6 Å². The number of hydrogen-bond donors (Lipinski definition) is 2. The third-order valence-corrected chi connectivity index (χ3v) is 4.64. The lowest BCUT2D eigenvalue weighted by Gasteiger charge is -2.26. The second kappa shape index (κ2) is 11.2. The molecule has 0 bridgehead atoms. The lowest BCUT2D eigenvalue weighted by atomic mass is 9.92. The topological polar surface area (TPSA) is 86.5 Å². The molecule has 1 amide bonds. The Morgan fingerprint density at radius 3 is 2.61 bits per heavy atom. The van der Waals surface area contributed by atoms with E-state index in [1.807, 2.05) is 38.1 Å². The third-order valence-electron chi connectivity index (χ3n) is 4.64. The van der Waals surface area contributed by atoms with E-state index < -0.39 is 6.04 Å². The molecule has 1 aliphatic heterocycles. The van der Waals surface area contributed by atoms with Gasteiger partial charge in [-0.2, -0.15) is 0 Å². The van der Waals surface area contributed by atoms with Gasteiger partial charge in [-0.15, -0.1) is 24.8 Å². The van der Waals surface area contributed by atoms with Gasteiger partial charge in [-0.05, 0) is 55.9 Å². The molecular formula is C20H27Cl2N3O3. The molecule has 154 valence electrons. The lowest BCUT2D eigenvalue weighted by molar-refractivity contribution is -0.119. The number of aryl methyl sites for hydroxylation is 2. The van der Waals surface area contributed by atoms with Crippen molar-refractivity contribution in [1.82, 2.24) is 4.98 Å². The van der Waals surface area contributed by atoms with Crippen LogP contribution in [0.4, 0.5) is 5.69 Å². The Labute approximate surface area is 178 Å². The highest BCUT2D eigenvalue weighted by Gasteiger charge is 2.26. The maximum absolute atomic E-state index is 12.5. The van der Waals surface area contributed by atoms with Crippen molar-refractivity contribution in [3.05, 3.63) is 47.7 Å². The van der Waals surface area contributed by atoms with Crippen LogP contribution in [-0.2, 0) is 9.53 Å². The molecule has 2 aromatic rings. The first-order chi connectivity index (χ1) is 12.5. The van der Waals surface area contributed by atoms with Gasteiger partial charge in [0.1, 0.15) is 5.75 Å². The number of rotatable bonds is 5. The number of hydrogen-bond acceptors (Lipinski definition) is 5. The first-order valence-electron chi connectivity index (χ1n) is 8.88. The molecule has 1 unspecified atom stereocenters. The van der Waals surface area contributed by atoms with Gasteiger partial charge in [0.25, 0.3) is 0 Å². The van der Waals surface area contributed by atoms with Gasteiger partial charge in [0.2, 0.25) is 11.8 Å². The smallest absolute Gasteiger partial charge is 0.241 e. The van der Waals surface area contributed by atoms with Crippen LogP contribution in [-0.4, -0.2) is 30.1 Å². The van der Waals surface area contributed by atoms with E-state index in [9.17, 15) is 4.79 Å². The van der Waals surface area contributed by atoms with Crippen LogP contribution >= 0.6 is 24.8 Å². The lowest BCUT2D eigenvalue weighted by Crippen LogP contribution is -2.44. The van der Waals surface area contributed by atoms with Gasteiger partial charge in [-0.1, -0.05) is 6.07 Å². The van der Waals surface area contributed by atoms with Gasteiger partial charge < -0.3 is 20.5 Å². The van der Waals surface area contributed by atoms with Crippen molar-refractivity contribution in [1.29, 1.82) is 0 Å². The Balaban J connectivity index is 0.00000196. The van der Waals surface area contributed by atoms with Crippen LogP contribution in [0.1, 0.15) is 24.0 Å². The number of carbonyl (C=O) groups is 1. The zero-order valence-electron chi connectivity index (χ0n) is 16.0. The van der Waals surface area contributed by atoms with E-state index in [2.05, 4.69) is 10.3 Å². The highest BCUT2D eigenvalue weighted by molar-refractivity contribution is 5.95. The predicted octanol–water partition coefficient (Wildman–Crippen LogP) is 4.03. The molecular weight excluding hydrogens is 401 g/mol. The summed E-state index contributed by atoms with van der Waals surface area (Å²) in [6.45, 7) is 5.26. The first kappa shape index (κ1) is 24.2. The van der Waals surface area contributed by atoms with Gasteiger partial charge in [-0.25, -0.2) is 4.98 Å². The highest BCUT2D eigenvalue weighted by atomic mass is 35.5. The van der Waals surface area contributed by atoms with E-state index in [-0.39, 0.29) is 36.6 Å². The number of aromatic nitrogens is 1. The molecule has 0 aliphatic carbocycles. The molecule has 1 aromatic carbocycles. The molecule has 0 spiro atoms. The molecule has 1 saturated heterocycles. The number of nitrogens with two attached hydrogens (primary N) is 1. The number of anilines is 1. The molecule has 3 N–H and O–H groups in total. The van der Waals surface area contributed by atoms with Gasteiger partial charge in [0, 0.05) is 37.2 Å². The van der Waals surface area contributed by atoms with E-state index in [0.29, 0.717) is 30.5 Å². The number of halogens is 2. The summed E-state index contributed by atoms with van der Waals surface area (Å²) in [4.78, 5) is 16.7. The Morgan fingerprint density at radius 2 is 1.93 bits per heavy atom. The van der Waals surface area contributed by atoms with Gasteiger partial charge in [-0.3, -0.25) is 4.79 Å². The summed E-state index contributed by atoms with van der Waals surface area (Å²) < 4.78 is 11.2. The van der Waals surface area contributed by atoms with E-state index in [1.54, 1.807) is 12.3 Å². The SMILES string of the molecule is Cc1ccnc(Oc2cc(NC(=O)C(N)C3CCOCC3)ccc2C)c1.Cl.Cl. The number of pyridine rings is 1. The highest BCUT2D eigenvalue weighted by Crippen LogP contribution is 2.28. The quantitative estimate of drug-likeness (QED) is 0.751. The number of benzene rings is 1. The van der Waals surface area contributed by atoms with Gasteiger partial charge in [0.15, 0.2) is 0 Å². The summed E-state index contributed by atoms with van der Waals surface area (Å²) in [5.41, 5.74) is 8.82. The average molecular weight is 428 g/mol. The normalized spacial score (nSPS) is 15.0. The zero-order valence-corrected chi connectivity index (χ0v) is 17.6. The fraction of sp³-hybridized carbons (Fsp3) is 0.400. The monoisotopic (exact) mass is 427 g/mol. The minimum atomic E-state index is -0.539. The van der Waals surface area contributed by atoms with Crippen LogP contribution in [0.3, 0.4) is 0 Å². The van der Waals surface area contributed by atoms with E-state index in [0.717, 1.165) is 24.0 Å². The Hall–Kier alpha value is -1.86. The summed E-state index contributed by atoms with van der Waals surface area (Å²) in [6.07, 6.45) is 3.34. The molecule has 3 rings (SSSR count). The van der Waals surface area contributed by atoms with Crippen LogP contribution in [0, 0.1) is 19.8 Å². The van der Waals surface area contributed by atoms with Crippen LogP contribution in [0.25, 0.3) is 0 Å². The van der Waals surface area contributed by atoms with Gasteiger partial charge >= 0.3 is 0 Å². The predicted molar refractivity (Wildman–Crippen MR) is 115 cm³/mol. The Kier molecular flexibility index (Phi) is 9.69. The van der Waals surface area contributed by atoms with Crippen molar-refractivity contribution in [2.45, 2.75) is 32.7 Å². The molecule has 2 heterocycles. The van der Waals surface area contributed by atoms with E-state index >= 15 is 0 Å². The summed E-state index contributed by atoms with van der Waals surface area (Å²) in [5.74, 6) is 1.15. The Bertz CT molecular complexity index is 783. The molecule has 0 saturated carbocycles. The third kappa shape index (κ3) is 6.34. The molecule has 28 heavy (non-hydrogen) atoms. The summed E-state index contributed by atoms with van der Waals surface area (Å²) in [5, 5.41) is 2.90. The average Bonchev–Trinajstić information content (AvgIpc) is 2.64. The van der Waals surface area contributed by atoms with E-state index in [4.69, 9.17) is 15.2 Å². The second-order valence-corrected chi connectivity index (χ2v) is 6.72. The maximum Gasteiger partial charge on any atom is 0.241 e. The van der Waals surface area contributed by atoms with Crippen LogP contribution in [0.15, 0.2) is 36.5 Å². The fourth-order valence-corrected chi connectivity index (χ4v) is 2.98. The first-order valence-corrected chi connectivity index (χ1v) is 8.88.